The van der Waals surface area contributed by atoms with E-state index < -0.39 is 6.10 Å². The van der Waals surface area contributed by atoms with Gasteiger partial charge in [-0.1, -0.05) is 308 Å². The lowest BCUT2D eigenvalue weighted by Gasteiger charge is -2.18. The van der Waals surface area contributed by atoms with Crippen molar-refractivity contribution >= 4 is 17.9 Å². The third kappa shape index (κ3) is 60.8. The maximum absolute atomic E-state index is 12.8. The van der Waals surface area contributed by atoms with Crippen molar-refractivity contribution in [1.82, 2.24) is 0 Å². The van der Waals surface area contributed by atoms with Crippen molar-refractivity contribution in [2.24, 2.45) is 0 Å². The number of unbranched alkanes of at least 4 members (excludes halogenated alkanes) is 47. The number of ether oxygens (including phenoxy) is 3. The molecule has 0 amide bonds. The minimum Gasteiger partial charge on any atom is -0.462 e. The van der Waals surface area contributed by atoms with Gasteiger partial charge in [-0.25, -0.2) is 0 Å². The van der Waals surface area contributed by atoms with Gasteiger partial charge in [0.15, 0.2) is 6.10 Å². The molecule has 0 N–H and O–H groups in total. The van der Waals surface area contributed by atoms with Crippen LogP contribution in [0.3, 0.4) is 0 Å². The van der Waals surface area contributed by atoms with Crippen LogP contribution in [0.15, 0.2) is 24.3 Å². The molecule has 0 rings (SSSR count). The molecule has 0 aromatic carbocycles. The van der Waals surface area contributed by atoms with Crippen LogP contribution in [0.25, 0.3) is 0 Å². The van der Waals surface area contributed by atoms with E-state index in [1.54, 1.807) is 0 Å². The molecule has 1 unspecified atom stereocenters. The largest absolute Gasteiger partial charge is 0.462 e. The first-order valence-corrected chi connectivity index (χ1v) is 33.3. The van der Waals surface area contributed by atoms with Crippen LogP contribution >= 0.6 is 0 Å². The van der Waals surface area contributed by atoms with Gasteiger partial charge in [-0.15, -0.1) is 0 Å². The van der Waals surface area contributed by atoms with E-state index >= 15 is 0 Å². The first kappa shape index (κ1) is 71.9. The lowest BCUT2D eigenvalue weighted by atomic mass is 10.0. The summed E-state index contributed by atoms with van der Waals surface area (Å²) >= 11 is 0. The average Bonchev–Trinajstić information content (AvgIpc) is 3.40. The molecule has 0 fully saturated rings. The fraction of sp³-hybridized carbons (Fsp3) is 0.897. The van der Waals surface area contributed by atoms with Gasteiger partial charge in [-0.05, 0) is 70.6 Å². The van der Waals surface area contributed by atoms with Crippen molar-refractivity contribution in [2.75, 3.05) is 13.2 Å². The Morgan fingerprint density at radius 2 is 0.446 bits per heavy atom. The molecule has 0 heterocycles. The molecule has 6 nitrogen and oxygen atoms in total. The summed E-state index contributed by atoms with van der Waals surface area (Å²) in [7, 11) is 0. The Morgan fingerprint density at radius 3 is 0.703 bits per heavy atom. The SMILES string of the molecule is CCCCC/C=C\CCCCCCCC(=O)OC(COC(=O)CCCCCCCCCCCCC)COC(=O)CCCCCCCCCCCCCCCCCCCCCCC/C=C\CCCCCCCCCC. The number of esters is 3. The Balaban J connectivity index is 3.99. The standard InChI is InChI=1S/C68H128O6/c1-4-7-10-13-16-19-22-24-25-26-27-28-29-30-31-32-33-34-35-36-37-38-39-40-41-42-43-44-47-49-52-55-58-61-67(70)73-64-65(63-72-66(69)60-57-54-51-48-45-21-18-15-12-9-6-3)74-68(71)62-59-56-53-50-46-23-20-17-14-11-8-5-2/h17,20,26-27,65H,4-16,18-19,21-25,28-64H2,1-3H3/b20-17-,27-26-. The maximum Gasteiger partial charge on any atom is 0.306 e. The first-order chi connectivity index (χ1) is 36.5. The van der Waals surface area contributed by atoms with Crippen LogP contribution in [0, 0.1) is 0 Å². The summed E-state index contributed by atoms with van der Waals surface area (Å²) in [5.74, 6) is -0.856. The zero-order valence-corrected chi connectivity index (χ0v) is 50.1. The van der Waals surface area contributed by atoms with Gasteiger partial charge in [-0.2, -0.15) is 0 Å². The molecule has 0 saturated heterocycles. The van der Waals surface area contributed by atoms with Crippen molar-refractivity contribution in [3.8, 4) is 0 Å². The molecule has 0 radical (unpaired) electrons. The van der Waals surface area contributed by atoms with E-state index in [1.807, 2.05) is 0 Å². The molecular formula is C68H128O6. The van der Waals surface area contributed by atoms with Gasteiger partial charge in [0.25, 0.3) is 0 Å². The highest BCUT2D eigenvalue weighted by molar-refractivity contribution is 5.71. The van der Waals surface area contributed by atoms with Crippen LogP contribution in [0.2, 0.25) is 0 Å². The molecule has 1 atom stereocenters. The number of rotatable bonds is 62. The fourth-order valence-corrected chi connectivity index (χ4v) is 10.1. The van der Waals surface area contributed by atoms with Crippen molar-refractivity contribution in [1.29, 1.82) is 0 Å². The van der Waals surface area contributed by atoms with Crippen LogP contribution in [0.1, 0.15) is 374 Å². The van der Waals surface area contributed by atoms with Crippen LogP contribution in [0.4, 0.5) is 0 Å². The number of hydrogen-bond acceptors (Lipinski definition) is 6. The second kappa shape index (κ2) is 63.4. The first-order valence-electron chi connectivity index (χ1n) is 33.3. The molecule has 0 spiro atoms. The molecule has 0 saturated carbocycles. The Morgan fingerprint density at radius 1 is 0.257 bits per heavy atom. The van der Waals surface area contributed by atoms with Gasteiger partial charge in [0.2, 0.25) is 0 Å². The lowest BCUT2D eigenvalue weighted by molar-refractivity contribution is -0.167. The zero-order chi connectivity index (χ0) is 53.6. The number of carbonyl (C=O) groups excluding carboxylic acids is 3. The molecule has 0 aromatic rings. The van der Waals surface area contributed by atoms with E-state index in [4.69, 9.17) is 14.2 Å². The number of allylic oxidation sites excluding steroid dienone is 4. The summed E-state index contributed by atoms with van der Waals surface area (Å²) in [6.45, 7) is 6.65. The highest BCUT2D eigenvalue weighted by Gasteiger charge is 2.19. The Kier molecular flexibility index (Phi) is 61.6. The minimum atomic E-state index is -0.770. The van der Waals surface area contributed by atoms with Gasteiger partial charge in [0.05, 0.1) is 0 Å². The monoisotopic (exact) mass is 1040 g/mol. The van der Waals surface area contributed by atoms with Crippen LogP contribution in [0.5, 0.6) is 0 Å². The molecule has 436 valence electrons. The second-order valence-electron chi connectivity index (χ2n) is 22.7. The minimum absolute atomic E-state index is 0.0689. The second-order valence-corrected chi connectivity index (χ2v) is 22.7. The summed E-state index contributed by atoms with van der Waals surface area (Å²) in [6.07, 6.45) is 76.5. The van der Waals surface area contributed by atoms with E-state index in [9.17, 15) is 14.4 Å². The van der Waals surface area contributed by atoms with Gasteiger partial charge in [0, 0.05) is 19.3 Å². The number of hydrogen-bond donors (Lipinski definition) is 0. The summed E-state index contributed by atoms with van der Waals surface area (Å²) < 4.78 is 16.9. The van der Waals surface area contributed by atoms with Crippen molar-refractivity contribution < 1.29 is 28.6 Å². The van der Waals surface area contributed by atoms with Crippen molar-refractivity contribution in [3.05, 3.63) is 24.3 Å². The highest BCUT2D eigenvalue weighted by Crippen LogP contribution is 2.18. The fourth-order valence-electron chi connectivity index (χ4n) is 10.1. The van der Waals surface area contributed by atoms with E-state index in [1.165, 1.54) is 270 Å². The molecule has 6 heteroatoms. The molecule has 0 aliphatic heterocycles. The van der Waals surface area contributed by atoms with Gasteiger partial charge in [0.1, 0.15) is 13.2 Å². The highest BCUT2D eigenvalue weighted by atomic mass is 16.6. The number of carbonyl (C=O) groups is 3. The van der Waals surface area contributed by atoms with Crippen LogP contribution in [-0.4, -0.2) is 37.2 Å². The molecule has 0 aliphatic carbocycles. The Labute approximate surface area is 462 Å². The summed E-state index contributed by atoms with van der Waals surface area (Å²) in [6, 6.07) is 0. The molecular weight excluding hydrogens is 913 g/mol. The third-order valence-electron chi connectivity index (χ3n) is 15.2. The van der Waals surface area contributed by atoms with Crippen LogP contribution in [-0.2, 0) is 28.6 Å². The van der Waals surface area contributed by atoms with Gasteiger partial charge in [-0.3, -0.25) is 14.4 Å². The van der Waals surface area contributed by atoms with E-state index in [-0.39, 0.29) is 31.1 Å². The van der Waals surface area contributed by atoms with E-state index in [0.29, 0.717) is 19.3 Å². The topological polar surface area (TPSA) is 78.9 Å². The van der Waals surface area contributed by atoms with Crippen LogP contribution < -0.4 is 0 Å². The third-order valence-corrected chi connectivity index (χ3v) is 15.2. The summed E-state index contributed by atoms with van der Waals surface area (Å²) in [4.78, 5) is 38.1. The zero-order valence-electron chi connectivity index (χ0n) is 50.1. The normalized spacial score (nSPS) is 12.1. The Bertz CT molecular complexity index is 1190. The molecule has 74 heavy (non-hydrogen) atoms. The average molecular weight is 1040 g/mol. The summed E-state index contributed by atoms with van der Waals surface area (Å²) in [5.41, 5.74) is 0. The molecule has 0 aromatic heterocycles. The quantitative estimate of drug-likeness (QED) is 0.0261. The van der Waals surface area contributed by atoms with E-state index in [0.717, 1.165) is 64.2 Å². The predicted octanol–water partition coefficient (Wildman–Crippen LogP) is 22.6. The van der Waals surface area contributed by atoms with Gasteiger partial charge < -0.3 is 14.2 Å². The maximum atomic E-state index is 12.8. The van der Waals surface area contributed by atoms with Crippen molar-refractivity contribution in [3.63, 3.8) is 0 Å². The van der Waals surface area contributed by atoms with Gasteiger partial charge >= 0.3 is 17.9 Å². The molecule has 0 bridgehead atoms. The predicted molar refractivity (Wildman–Crippen MR) is 321 cm³/mol. The smallest absolute Gasteiger partial charge is 0.306 e. The Hall–Kier alpha value is -2.11. The lowest BCUT2D eigenvalue weighted by Crippen LogP contribution is -2.30. The molecule has 0 aliphatic rings. The van der Waals surface area contributed by atoms with Crippen molar-refractivity contribution in [2.45, 2.75) is 380 Å². The summed E-state index contributed by atoms with van der Waals surface area (Å²) in [5, 5.41) is 0. The van der Waals surface area contributed by atoms with E-state index in [2.05, 4.69) is 45.1 Å².